The van der Waals surface area contributed by atoms with E-state index in [1.165, 1.54) is 0 Å². The molecule has 0 saturated heterocycles. The standard InChI is InChI=1S/C12H21N/c1-5-13(10(2)3)11(4)12-8-6-7-9-12/h6-12H,5H2,1-4H3. The second-order valence-electron chi connectivity index (χ2n) is 4.01. The van der Waals surface area contributed by atoms with Crippen LogP contribution >= 0.6 is 0 Å². The van der Waals surface area contributed by atoms with Crippen LogP contribution in [-0.4, -0.2) is 23.5 Å². The first-order valence-corrected chi connectivity index (χ1v) is 5.27. The summed E-state index contributed by atoms with van der Waals surface area (Å²) in [6, 6.07) is 1.27. The molecule has 0 aliphatic heterocycles. The fourth-order valence-corrected chi connectivity index (χ4v) is 2.12. The van der Waals surface area contributed by atoms with Gasteiger partial charge < -0.3 is 0 Å². The van der Waals surface area contributed by atoms with Crippen molar-refractivity contribution in [3.05, 3.63) is 24.3 Å². The maximum Gasteiger partial charge on any atom is 0.0167 e. The molecule has 0 bridgehead atoms. The Labute approximate surface area is 82.1 Å². The van der Waals surface area contributed by atoms with Crippen LogP contribution in [0.4, 0.5) is 0 Å². The molecule has 0 radical (unpaired) electrons. The molecule has 1 nitrogen and oxygen atoms in total. The number of hydrogen-bond donors (Lipinski definition) is 0. The first kappa shape index (κ1) is 10.5. The summed E-state index contributed by atoms with van der Waals surface area (Å²) in [6.45, 7) is 10.2. The summed E-state index contributed by atoms with van der Waals surface area (Å²) in [5, 5.41) is 0. The molecule has 1 atom stereocenters. The molecule has 0 aromatic rings. The zero-order chi connectivity index (χ0) is 9.84. The Morgan fingerprint density at radius 2 is 1.69 bits per heavy atom. The van der Waals surface area contributed by atoms with Crippen LogP contribution in [0.3, 0.4) is 0 Å². The minimum atomic E-state index is 0.613. The first-order valence-electron chi connectivity index (χ1n) is 5.27. The molecule has 1 unspecified atom stereocenters. The minimum absolute atomic E-state index is 0.613. The van der Waals surface area contributed by atoms with E-state index in [0.29, 0.717) is 18.0 Å². The van der Waals surface area contributed by atoms with Crippen molar-refractivity contribution >= 4 is 0 Å². The molecular formula is C12H21N. The van der Waals surface area contributed by atoms with Gasteiger partial charge in [-0.05, 0) is 27.3 Å². The quantitative estimate of drug-likeness (QED) is 0.641. The summed E-state index contributed by atoms with van der Waals surface area (Å²) >= 11 is 0. The van der Waals surface area contributed by atoms with Crippen molar-refractivity contribution in [3.8, 4) is 0 Å². The van der Waals surface area contributed by atoms with Crippen LogP contribution in [-0.2, 0) is 0 Å². The van der Waals surface area contributed by atoms with Crippen LogP contribution < -0.4 is 0 Å². The second-order valence-corrected chi connectivity index (χ2v) is 4.01. The lowest BCUT2D eigenvalue weighted by Crippen LogP contribution is -2.41. The summed E-state index contributed by atoms with van der Waals surface area (Å²) in [5.74, 6) is 0.613. The Bertz CT molecular complexity index is 191. The van der Waals surface area contributed by atoms with Gasteiger partial charge in [-0.2, -0.15) is 0 Å². The van der Waals surface area contributed by atoms with E-state index in [1.54, 1.807) is 0 Å². The highest BCUT2D eigenvalue weighted by Gasteiger charge is 2.21. The summed E-state index contributed by atoms with van der Waals surface area (Å²) < 4.78 is 0. The van der Waals surface area contributed by atoms with Gasteiger partial charge in [-0.15, -0.1) is 0 Å². The minimum Gasteiger partial charge on any atom is -0.298 e. The van der Waals surface area contributed by atoms with Crippen molar-refractivity contribution in [2.75, 3.05) is 6.54 Å². The zero-order valence-electron chi connectivity index (χ0n) is 9.20. The molecule has 1 heteroatoms. The Morgan fingerprint density at radius 1 is 1.15 bits per heavy atom. The number of allylic oxidation sites excluding steroid dienone is 2. The lowest BCUT2D eigenvalue weighted by Gasteiger charge is -2.34. The molecule has 0 saturated carbocycles. The Hall–Kier alpha value is -0.560. The molecule has 0 spiro atoms. The smallest absolute Gasteiger partial charge is 0.0167 e. The maximum atomic E-state index is 2.53. The highest BCUT2D eigenvalue weighted by Crippen LogP contribution is 2.19. The number of hydrogen-bond acceptors (Lipinski definition) is 1. The molecule has 0 heterocycles. The average Bonchev–Trinajstić information content (AvgIpc) is 2.56. The highest BCUT2D eigenvalue weighted by atomic mass is 15.2. The normalized spacial score (nSPS) is 19.2. The van der Waals surface area contributed by atoms with E-state index < -0.39 is 0 Å². The molecule has 0 amide bonds. The Balaban J connectivity index is 2.58. The third-order valence-electron chi connectivity index (χ3n) is 2.89. The maximum absolute atomic E-state index is 2.53. The summed E-state index contributed by atoms with van der Waals surface area (Å²) in [4.78, 5) is 2.53. The Morgan fingerprint density at radius 3 is 2.08 bits per heavy atom. The topological polar surface area (TPSA) is 3.24 Å². The molecule has 1 aliphatic rings. The van der Waals surface area contributed by atoms with E-state index in [2.05, 4.69) is 56.9 Å². The van der Waals surface area contributed by atoms with Crippen LogP contribution in [0.5, 0.6) is 0 Å². The summed E-state index contributed by atoms with van der Waals surface area (Å²) in [7, 11) is 0. The van der Waals surface area contributed by atoms with E-state index in [4.69, 9.17) is 0 Å². The molecular weight excluding hydrogens is 158 g/mol. The fraction of sp³-hybridized carbons (Fsp3) is 0.667. The molecule has 0 aromatic carbocycles. The Kier molecular flexibility index (Phi) is 3.73. The van der Waals surface area contributed by atoms with Crippen molar-refractivity contribution < 1.29 is 0 Å². The van der Waals surface area contributed by atoms with E-state index in [9.17, 15) is 0 Å². The fourth-order valence-electron chi connectivity index (χ4n) is 2.12. The van der Waals surface area contributed by atoms with Gasteiger partial charge in [-0.3, -0.25) is 4.90 Å². The lowest BCUT2D eigenvalue weighted by atomic mass is 10.0. The predicted molar refractivity (Wildman–Crippen MR) is 58.7 cm³/mol. The first-order chi connectivity index (χ1) is 6.16. The molecule has 0 fully saturated rings. The van der Waals surface area contributed by atoms with Crippen molar-refractivity contribution in [1.29, 1.82) is 0 Å². The van der Waals surface area contributed by atoms with Crippen LogP contribution in [0.1, 0.15) is 27.7 Å². The van der Waals surface area contributed by atoms with Gasteiger partial charge in [0, 0.05) is 18.0 Å². The molecule has 74 valence electrons. The van der Waals surface area contributed by atoms with Crippen molar-refractivity contribution in [2.24, 2.45) is 5.92 Å². The van der Waals surface area contributed by atoms with Gasteiger partial charge in [0.1, 0.15) is 0 Å². The number of rotatable bonds is 4. The summed E-state index contributed by atoms with van der Waals surface area (Å²) in [6.07, 6.45) is 8.87. The monoisotopic (exact) mass is 179 g/mol. The SMILES string of the molecule is CCN(C(C)C)C(C)C1C=CC=C1. The van der Waals surface area contributed by atoms with Crippen LogP contribution in [0.2, 0.25) is 0 Å². The van der Waals surface area contributed by atoms with E-state index >= 15 is 0 Å². The van der Waals surface area contributed by atoms with E-state index in [0.717, 1.165) is 6.54 Å². The third kappa shape index (κ3) is 2.44. The van der Waals surface area contributed by atoms with Crippen molar-refractivity contribution in [3.63, 3.8) is 0 Å². The predicted octanol–water partition coefficient (Wildman–Crippen LogP) is 2.85. The molecule has 1 aliphatic carbocycles. The van der Waals surface area contributed by atoms with Gasteiger partial charge in [-0.25, -0.2) is 0 Å². The zero-order valence-corrected chi connectivity index (χ0v) is 9.20. The van der Waals surface area contributed by atoms with Gasteiger partial charge in [0.05, 0.1) is 0 Å². The van der Waals surface area contributed by atoms with Crippen molar-refractivity contribution in [2.45, 2.75) is 39.8 Å². The van der Waals surface area contributed by atoms with Crippen LogP contribution in [0.15, 0.2) is 24.3 Å². The largest absolute Gasteiger partial charge is 0.298 e. The second kappa shape index (κ2) is 4.61. The average molecular weight is 179 g/mol. The van der Waals surface area contributed by atoms with Crippen LogP contribution in [0.25, 0.3) is 0 Å². The van der Waals surface area contributed by atoms with Crippen LogP contribution in [0, 0.1) is 5.92 Å². The number of nitrogens with zero attached hydrogens (tertiary/aromatic N) is 1. The molecule has 13 heavy (non-hydrogen) atoms. The lowest BCUT2D eigenvalue weighted by molar-refractivity contribution is 0.155. The van der Waals surface area contributed by atoms with Gasteiger partial charge in [0.25, 0.3) is 0 Å². The molecule has 0 N–H and O–H groups in total. The van der Waals surface area contributed by atoms with Gasteiger partial charge in [0.2, 0.25) is 0 Å². The van der Waals surface area contributed by atoms with E-state index in [1.807, 2.05) is 0 Å². The van der Waals surface area contributed by atoms with Gasteiger partial charge >= 0.3 is 0 Å². The third-order valence-corrected chi connectivity index (χ3v) is 2.89. The molecule has 1 rings (SSSR count). The summed E-state index contributed by atoms with van der Waals surface area (Å²) in [5.41, 5.74) is 0. The molecule has 0 aromatic heterocycles. The highest BCUT2D eigenvalue weighted by molar-refractivity contribution is 5.19. The van der Waals surface area contributed by atoms with Gasteiger partial charge in [0.15, 0.2) is 0 Å². The van der Waals surface area contributed by atoms with Gasteiger partial charge in [-0.1, -0.05) is 31.2 Å². The van der Waals surface area contributed by atoms with E-state index in [-0.39, 0.29) is 0 Å². The van der Waals surface area contributed by atoms with Crippen molar-refractivity contribution in [1.82, 2.24) is 4.90 Å².